The summed E-state index contributed by atoms with van der Waals surface area (Å²) in [7, 11) is 3.84. The van der Waals surface area contributed by atoms with Crippen molar-refractivity contribution < 1.29 is 4.74 Å². The van der Waals surface area contributed by atoms with Crippen LogP contribution in [0.25, 0.3) is 0 Å². The summed E-state index contributed by atoms with van der Waals surface area (Å²) >= 11 is 1.83. The van der Waals surface area contributed by atoms with Gasteiger partial charge in [-0.15, -0.1) is 0 Å². The molecule has 0 aromatic rings. The minimum absolute atomic E-state index is 0.798. The highest BCUT2D eigenvalue weighted by Crippen LogP contribution is 2.09. The molecule has 0 saturated carbocycles. The van der Waals surface area contributed by atoms with Crippen LogP contribution in [-0.2, 0) is 4.74 Å². The lowest BCUT2D eigenvalue weighted by atomic mass is 10.5. The molecule has 0 aromatic heterocycles. The molecule has 15 heavy (non-hydrogen) atoms. The van der Waals surface area contributed by atoms with Gasteiger partial charge in [-0.05, 0) is 13.5 Å². The predicted octanol–water partition coefficient (Wildman–Crippen LogP) is 0.647. The number of nitrogens with zero attached hydrogens (tertiary/aromatic N) is 2. The molecule has 0 amide bonds. The van der Waals surface area contributed by atoms with Gasteiger partial charge in [-0.1, -0.05) is 11.8 Å². The fourth-order valence-corrected chi connectivity index (χ4v) is 2.13. The van der Waals surface area contributed by atoms with Crippen molar-refractivity contribution in [1.82, 2.24) is 10.2 Å². The molecule has 1 N–H and O–H groups in total. The van der Waals surface area contributed by atoms with E-state index in [2.05, 4.69) is 22.3 Å². The molecule has 5 heteroatoms. The summed E-state index contributed by atoms with van der Waals surface area (Å²) in [6.07, 6.45) is 1.21. The highest BCUT2D eigenvalue weighted by atomic mass is 32.2. The fourth-order valence-electron chi connectivity index (χ4n) is 1.28. The van der Waals surface area contributed by atoms with E-state index < -0.39 is 0 Å². The zero-order chi connectivity index (χ0) is 10.9. The molecule has 4 nitrogen and oxygen atoms in total. The Bertz CT molecular complexity index is 199. The first kappa shape index (κ1) is 12.8. The lowest BCUT2D eigenvalue weighted by Gasteiger charge is -2.18. The zero-order valence-corrected chi connectivity index (χ0v) is 10.5. The molecule has 0 saturated heterocycles. The monoisotopic (exact) mass is 231 g/mol. The number of hydrogen-bond acceptors (Lipinski definition) is 5. The van der Waals surface area contributed by atoms with E-state index in [1.807, 2.05) is 11.8 Å². The number of aliphatic imine (C=N–C) groups is 1. The van der Waals surface area contributed by atoms with E-state index in [9.17, 15) is 0 Å². The number of thioether (sulfide) groups is 1. The SMILES string of the molecule is COCCN(C)CCNC1=NCCCS1. The highest BCUT2D eigenvalue weighted by molar-refractivity contribution is 8.13. The molecular formula is C10H21N3OS. The second-order valence-corrected chi connectivity index (χ2v) is 4.70. The largest absolute Gasteiger partial charge is 0.383 e. The first-order valence-corrected chi connectivity index (χ1v) is 6.40. The first-order valence-electron chi connectivity index (χ1n) is 5.41. The smallest absolute Gasteiger partial charge is 0.156 e. The summed E-state index contributed by atoms with van der Waals surface area (Å²) in [4.78, 5) is 6.67. The van der Waals surface area contributed by atoms with E-state index in [-0.39, 0.29) is 0 Å². The molecule has 0 bridgehead atoms. The molecule has 0 aromatic carbocycles. The number of nitrogens with one attached hydrogen (secondary N) is 1. The quantitative estimate of drug-likeness (QED) is 0.728. The first-order chi connectivity index (χ1) is 7.33. The van der Waals surface area contributed by atoms with Gasteiger partial charge in [0.15, 0.2) is 5.17 Å². The Labute approximate surface area is 96.5 Å². The Morgan fingerprint density at radius 1 is 1.53 bits per heavy atom. The third-order valence-corrected chi connectivity index (χ3v) is 3.28. The molecule has 0 unspecified atom stereocenters. The van der Waals surface area contributed by atoms with E-state index >= 15 is 0 Å². The van der Waals surface area contributed by atoms with Crippen LogP contribution in [0.4, 0.5) is 0 Å². The van der Waals surface area contributed by atoms with Gasteiger partial charge in [0.1, 0.15) is 0 Å². The Morgan fingerprint density at radius 3 is 3.07 bits per heavy atom. The van der Waals surface area contributed by atoms with Gasteiger partial charge in [-0.2, -0.15) is 0 Å². The molecule has 1 aliphatic heterocycles. The maximum Gasteiger partial charge on any atom is 0.156 e. The molecule has 0 atom stereocenters. The van der Waals surface area contributed by atoms with Crippen molar-refractivity contribution in [3.8, 4) is 0 Å². The van der Waals surface area contributed by atoms with Gasteiger partial charge < -0.3 is 15.0 Å². The Kier molecular flexibility index (Phi) is 6.80. The van der Waals surface area contributed by atoms with Crippen LogP contribution >= 0.6 is 11.8 Å². The number of methoxy groups -OCH3 is 1. The van der Waals surface area contributed by atoms with Crippen LogP contribution in [0.3, 0.4) is 0 Å². The summed E-state index contributed by atoms with van der Waals surface area (Å²) < 4.78 is 5.02. The molecule has 1 rings (SSSR count). The summed E-state index contributed by atoms with van der Waals surface area (Å²) in [6, 6.07) is 0. The third-order valence-electron chi connectivity index (χ3n) is 2.24. The molecule has 0 aliphatic carbocycles. The highest BCUT2D eigenvalue weighted by Gasteiger charge is 2.04. The van der Waals surface area contributed by atoms with Gasteiger partial charge in [0.2, 0.25) is 0 Å². The summed E-state index contributed by atoms with van der Waals surface area (Å²) in [6.45, 7) is 4.76. The molecule has 1 aliphatic rings. The van der Waals surface area contributed by atoms with Crippen molar-refractivity contribution in [2.45, 2.75) is 6.42 Å². The van der Waals surface area contributed by atoms with E-state index in [0.717, 1.165) is 38.0 Å². The zero-order valence-electron chi connectivity index (χ0n) is 9.66. The van der Waals surface area contributed by atoms with Gasteiger partial charge in [0.05, 0.1) is 6.61 Å². The minimum Gasteiger partial charge on any atom is -0.383 e. The fraction of sp³-hybridized carbons (Fsp3) is 0.900. The maximum absolute atomic E-state index is 5.02. The summed E-state index contributed by atoms with van der Waals surface area (Å²) in [5.74, 6) is 1.20. The normalized spacial score (nSPS) is 16.6. The number of amidine groups is 1. The Morgan fingerprint density at radius 2 is 2.40 bits per heavy atom. The van der Waals surface area contributed by atoms with Gasteiger partial charge in [-0.25, -0.2) is 0 Å². The van der Waals surface area contributed by atoms with Crippen LogP contribution in [0.5, 0.6) is 0 Å². The average Bonchev–Trinajstić information content (AvgIpc) is 2.28. The second-order valence-electron chi connectivity index (χ2n) is 3.61. The minimum atomic E-state index is 0.798. The van der Waals surface area contributed by atoms with Crippen molar-refractivity contribution in [3.63, 3.8) is 0 Å². The number of rotatable bonds is 6. The molecule has 0 spiro atoms. The van der Waals surface area contributed by atoms with Crippen LogP contribution in [0.1, 0.15) is 6.42 Å². The topological polar surface area (TPSA) is 36.9 Å². The average molecular weight is 231 g/mol. The van der Waals surface area contributed by atoms with Crippen molar-refractivity contribution >= 4 is 16.9 Å². The third kappa shape index (κ3) is 6.02. The van der Waals surface area contributed by atoms with Crippen LogP contribution in [0, 0.1) is 0 Å². The molecule has 88 valence electrons. The summed E-state index contributed by atoms with van der Waals surface area (Å²) in [5, 5.41) is 4.47. The van der Waals surface area contributed by atoms with Gasteiger partial charge in [0.25, 0.3) is 0 Å². The number of ether oxygens (including phenoxy) is 1. The van der Waals surface area contributed by atoms with E-state index in [1.54, 1.807) is 7.11 Å². The lowest BCUT2D eigenvalue weighted by molar-refractivity contribution is 0.162. The van der Waals surface area contributed by atoms with Gasteiger partial charge >= 0.3 is 0 Å². The van der Waals surface area contributed by atoms with Crippen molar-refractivity contribution in [2.24, 2.45) is 4.99 Å². The standard InChI is InChI=1S/C10H21N3OS/c1-13(7-8-14-2)6-5-12-10-11-4-3-9-15-10/h3-9H2,1-2H3,(H,11,12). The molecule has 0 radical (unpaired) electrons. The number of likely N-dealkylation sites (N-methyl/N-ethyl adjacent to an activating group) is 1. The van der Waals surface area contributed by atoms with Crippen molar-refractivity contribution in [1.29, 1.82) is 0 Å². The maximum atomic E-state index is 5.02. The lowest BCUT2D eigenvalue weighted by Crippen LogP contribution is -2.34. The van der Waals surface area contributed by atoms with Crippen LogP contribution < -0.4 is 5.32 Å². The molecular weight excluding hydrogens is 210 g/mol. The van der Waals surface area contributed by atoms with Crippen LogP contribution in [0.2, 0.25) is 0 Å². The van der Waals surface area contributed by atoms with Crippen LogP contribution in [0.15, 0.2) is 4.99 Å². The second kappa shape index (κ2) is 7.96. The molecule has 0 fully saturated rings. The van der Waals surface area contributed by atoms with Crippen molar-refractivity contribution in [3.05, 3.63) is 0 Å². The van der Waals surface area contributed by atoms with E-state index in [4.69, 9.17) is 4.74 Å². The summed E-state index contributed by atoms with van der Waals surface area (Å²) in [5.41, 5.74) is 0. The number of hydrogen-bond donors (Lipinski definition) is 1. The Balaban J connectivity index is 2.02. The molecule has 1 heterocycles. The Hall–Kier alpha value is -0.260. The predicted molar refractivity (Wildman–Crippen MR) is 66.8 cm³/mol. The van der Waals surface area contributed by atoms with E-state index in [1.165, 1.54) is 12.2 Å². The van der Waals surface area contributed by atoms with E-state index in [0.29, 0.717) is 0 Å². The van der Waals surface area contributed by atoms with Gasteiger partial charge in [-0.3, -0.25) is 4.99 Å². The van der Waals surface area contributed by atoms with Crippen molar-refractivity contribution in [2.75, 3.05) is 52.7 Å². The van der Waals surface area contributed by atoms with Crippen LogP contribution in [-0.4, -0.2) is 62.8 Å². The van der Waals surface area contributed by atoms with Gasteiger partial charge in [0, 0.05) is 39.0 Å².